The molecule has 2 N–H and O–H groups in total. The van der Waals surface area contributed by atoms with Crippen molar-refractivity contribution in [3.05, 3.63) is 0 Å². The first-order chi connectivity index (χ1) is 7.07. The van der Waals surface area contributed by atoms with Gasteiger partial charge in [0.05, 0.1) is 4.99 Å². The average Bonchev–Trinajstić information content (AvgIpc) is 2.17. The molecule has 0 aromatic rings. The van der Waals surface area contributed by atoms with Gasteiger partial charge in [-0.1, -0.05) is 44.8 Å². The maximum atomic E-state index is 10.5. The summed E-state index contributed by atoms with van der Waals surface area (Å²) in [5.41, 5.74) is 0. The van der Waals surface area contributed by atoms with Crippen LogP contribution in [0.1, 0.15) is 52.4 Å². The number of carboxylic acid groups (broad SMARTS) is 1. The second-order valence-corrected chi connectivity index (χ2v) is 4.28. The van der Waals surface area contributed by atoms with Crippen LogP contribution in [0, 0.1) is 0 Å². The van der Waals surface area contributed by atoms with Gasteiger partial charge in [0.15, 0.2) is 0 Å². The minimum atomic E-state index is -0.858. The number of thiocarbonyl (C=S) groups is 1. The summed E-state index contributed by atoms with van der Waals surface area (Å²) < 4.78 is 0. The fourth-order valence-corrected chi connectivity index (χ4v) is 1.59. The molecule has 1 atom stereocenters. The summed E-state index contributed by atoms with van der Waals surface area (Å²) in [4.78, 5) is 11.2. The van der Waals surface area contributed by atoms with Crippen LogP contribution in [0.2, 0.25) is 0 Å². The molecule has 0 aliphatic carbocycles. The Morgan fingerprint density at radius 2 is 1.93 bits per heavy atom. The van der Waals surface area contributed by atoms with E-state index in [1.54, 1.807) is 6.92 Å². The molecule has 0 heterocycles. The third-order valence-electron chi connectivity index (χ3n) is 2.26. The van der Waals surface area contributed by atoms with Gasteiger partial charge in [-0.05, 0) is 19.8 Å². The maximum absolute atomic E-state index is 10.5. The van der Waals surface area contributed by atoms with Crippen molar-refractivity contribution in [2.45, 2.75) is 58.4 Å². The molecule has 0 aromatic carbocycles. The first kappa shape index (κ1) is 14.4. The van der Waals surface area contributed by atoms with Gasteiger partial charge in [0.25, 0.3) is 0 Å². The minimum absolute atomic E-state index is 0.576. The average molecular weight is 231 g/mol. The molecule has 0 aliphatic rings. The van der Waals surface area contributed by atoms with Gasteiger partial charge in [0.2, 0.25) is 0 Å². The number of nitrogens with one attached hydrogen (secondary N) is 1. The normalized spacial score (nSPS) is 12.1. The Balaban J connectivity index is 3.45. The quantitative estimate of drug-likeness (QED) is 0.498. The molecular formula is C11H21NO2S. The fraction of sp³-hybridized carbons (Fsp3) is 0.818. The molecule has 15 heavy (non-hydrogen) atoms. The zero-order valence-corrected chi connectivity index (χ0v) is 10.4. The number of aliphatic carboxylic acids is 1. The first-order valence-electron chi connectivity index (χ1n) is 5.60. The van der Waals surface area contributed by atoms with E-state index in [4.69, 9.17) is 17.3 Å². The summed E-state index contributed by atoms with van der Waals surface area (Å²) >= 11 is 5.05. The van der Waals surface area contributed by atoms with Crippen molar-refractivity contribution in [2.24, 2.45) is 0 Å². The number of carbonyl (C=O) groups is 1. The number of unbranched alkanes of at least 4 members (excludes halogenated alkanes) is 4. The fourth-order valence-electron chi connectivity index (χ4n) is 1.26. The van der Waals surface area contributed by atoms with Crippen LogP contribution in [0.25, 0.3) is 0 Å². The Kier molecular flexibility index (Phi) is 8.28. The van der Waals surface area contributed by atoms with Crippen molar-refractivity contribution >= 4 is 23.2 Å². The molecular weight excluding hydrogens is 210 g/mol. The van der Waals surface area contributed by atoms with Gasteiger partial charge in [-0.15, -0.1) is 0 Å². The number of hydrogen-bond acceptors (Lipinski definition) is 2. The second kappa shape index (κ2) is 8.65. The molecule has 0 amide bonds. The summed E-state index contributed by atoms with van der Waals surface area (Å²) in [7, 11) is 0. The Hall–Kier alpha value is -0.640. The van der Waals surface area contributed by atoms with E-state index in [1.807, 2.05) is 0 Å². The van der Waals surface area contributed by atoms with Gasteiger partial charge in [-0.25, -0.2) is 0 Å². The molecule has 0 fully saturated rings. The van der Waals surface area contributed by atoms with Crippen molar-refractivity contribution in [3.63, 3.8) is 0 Å². The minimum Gasteiger partial charge on any atom is -0.480 e. The van der Waals surface area contributed by atoms with Crippen LogP contribution in [0.15, 0.2) is 0 Å². The Morgan fingerprint density at radius 1 is 1.33 bits per heavy atom. The largest absolute Gasteiger partial charge is 0.480 e. The van der Waals surface area contributed by atoms with Crippen molar-refractivity contribution in [1.82, 2.24) is 5.32 Å². The summed E-state index contributed by atoms with van der Waals surface area (Å²) in [5, 5.41) is 11.5. The van der Waals surface area contributed by atoms with E-state index < -0.39 is 12.0 Å². The van der Waals surface area contributed by atoms with Gasteiger partial charge in [-0.2, -0.15) is 0 Å². The van der Waals surface area contributed by atoms with E-state index in [-0.39, 0.29) is 0 Å². The lowest BCUT2D eigenvalue weighted by molar-refractivity contribution is -0.138. The van der Waals surface area contributed by atoms with Crippen molar-refractivity contribution in [3.8, 4) is 0 Å². The Bertz CT molecular complexity index is 207. The summed E-state index contributed by atoms with van der Waals surface area (Å²) in [5.74, 6) is -0.858. The molecule has 0 aromatic heterocycles. The zero-order chi connectivity index (χ0) is 11.7. The lowest BCUT2D eigenvalue weighted by atomic mass is 10.1. The van der Waals surface area contributed by atoms with Crippen molar-refractivity contribution < 1.29 is 9.90 Å². The SMILES string of the molecule is CCCCCCCC(=S)NC(C)C(=O)O. The maximum Gasteiger partial charge on any atom is 0.325 e. The van der Waals surface area contributed by atoms with E-state index in [2.05, 4.69) is 12.2 Å². The highest BCUT2D eigenvalue weighted by atomic mass is 32.1. The molecule has 3 nitrogen and oxygen atoms in total. The zero-order valence-electron chi connectivity index (χ0n) is 9.58. The molecule has 4 heteroatoms. The smallest absolute Gasteiger partial charge is 0.325 e. The summed E-state index contributed by atoms with van der Waals surface area (Å²) in [6.45, 7) is 3.78. The van der Waals surface area contributed by atoms with Crippen LogP contribution in [0.3, 0.4) is 0 Å². The van der Waals surface area contributed by atoms with Gasteiger partial charge >= 0.3 is 5.97 Å². The Labute approximate surface area is 97.3 Å². The molecule has 1 unspecified atom stereocenters. The number of carboxylic acids is 1. The van der Waals surface area contributed by atoms with Crippen LogP contribution < -0.4 is 5.32 Å². The molecule has 0 saturated heterocycles. The molecule has 0 saturated carbocycles. The standard InChI is InChI=1S/C11H21NO2S/c1-3-4-5-6-7-8-10(15)12-9(2)11(13)14/h9H,3-8H2,1-2H3,(H,12,15)(H,13,14). The molecule has 0 radical (unpaired) electrons. The molecule has 0 rings (SSSR count). The van der Waals surface area contributed by atoms with E-state index in [0.29, 0.717) is 4.99 Å². The van der Waals surface area contributed by atoms with E-state index in [1.165, 1.54) is 25.7 Å². The van der Waals surface area contributed by atoms with Gasteiger partial charge < -0.3 is 10.4 Å². The number of rotatable bonds is 8. The summed E-state index contributed by atoms with van der Waals surface area (Å²) in [6, 6.07) is -0.576. The highest BCUT2D eigenvalue weighted by Crippen LogP contribution is 2.05. The predicted octanol–water partition coefficient (Wildman–Crippen LogP) is 2.74. The van der Waals surface area contributed by atoms with Gasteiger partial charge in [-0.3, -0.25) is 4.79 Å². The first-order valence-corrected chi connectivity index (χ1v) is 6.01. The second-order valence-electron chi connectivity index (χ2n) is 3.79. The molecule has 88 valence electrons. The van der Waals surface area contributed by atoms with Crippen LogP contribution in [-0.4, -0.2) is 22.1 Å². The monoisotopic (exact) mass is 231 g/mol. The lowest BCUT2D eigenvalue weighted by Gasteiger charge is -2.11. The lowest BCUT2D eigenvalue weighted by Crippen LogP contribution is -2.37. The summed E-state index contributed by atoms with van der Waals surface area (Å²) in [6.07, 6.45) is 6.78. The van der Waals surface area contributed by atoms with Gasteiger partial charge in [0.1, 0.15) is 6.04 Å². The molecule has 0 bridgehead atoms. The third-order valence-corrected chi connectivity index (χ3v) is 2.58. The van der Waals surface area contributed by atoms with Crippen LogP contribution in [-0.2, 0) is 4.79 Å². The van der Waals surface area contributed by atoms with E-state index in [0.717, 1.165) is 12.8 Å². The van der Waals surface area contributed by atoms with Gasteiger partial charge in [0, 0.05) is 0 Å². The molecule has 0 spiro atoms. The van der Waals surface area contributed by atoms with Crippen molar-refractivity contribution in [2.75, 3.05) is 0 Å². The molecule has 0 aliphatic heterocycles. The van der Waals surface area contributed by atoms with Crippen LogP contribution >= 0.6 is 12.2 Å². The third kappa shape index (κ3) is 8.36. The Morgan fingerprint density at radius 3 is 2.47 bits per heavy atom. The highest BCUT2D eigenvalue weighted by molar-refractivity contribution is 7.80. The van der Waals surface area contributed by atoms with E-state index >= 15 is 0 Å². The van der Waals surface area contributed by atoms with Crippen LogP contribution in [0.4, 0.5) is 0 Å². The number of hydrogen-bond donors (Lipinski definition) is 2. The topological polar surface area (TPSA) is 49.3 Å². The van der Waals surface area contributed by atoms with Crippen molar-refractivity contribution in [1.29, 1.82) is 0 Å². The van der Waals surface area contributed by atoms with E-state index in [9.17, 15) is 4.79 Å². The predicted molar refractivity (Wildman–Crippen MR) is 66.2 cm³/mol. The highest BCUT2D eigenvalue weighted by Gasteiger charge is 2.10. The van der Waals surface area contributed by atoms with Crippen LogP contribution in [0.5, 0.6) is 0 Å².